The summed E-state index contributed by atoms with van der Waals surface area (Å²) in [5.74, 6) is -2.00. The van der Waals surface area contributed by atoms with Gasteiger partial charge in [0.15, 0.2) is 0 Å². The third kappa shape index (κ3) is 3.22. The second-order valence-corrected chi connectivity index (χ2v) is 7.40. The van der Waals surface area contributed by atoms with Gasteiger partial charge in [0.05, 0.1) is 5.41 Å². The van der Waals surface area contributed by atoms with Gasteiger partial charge in [-0.1, -0.05) is 48.5 Å². The van der Waals surface area contributed by atoms with E-state index in [0.29, 0.717) is 0 Å². The third-order valence-corrected chi connectivity index (χ3v) is 5.76. The van der Waals surface area contributed by atoms with Gasteiger partial charge in [-0.25, -0.2) is 9.59 Å². The second-order valence-electron chi connectivity index (χ2n) is 7.40. The summed E-state index contributed by atoms with van der Waals surface area (Å²) in [4.78, 5) is 23.6. The lowest BCUT2D eigenvalue weighted by atomic mass is 9.96. The first-order chi connectivity index (χ1) is 13.7. The molecular weight excluding hydrogens is 387 g/mol. The molecule has 2 aromatic rings. The van der Waals surface area contributed by atoms with Crippen molar-refractivity contribution in [2.45, 2.75) is 31.0 Å². The number of carboxylic acids is 1. The summed E-state index contributed by atoms with van der Waals surface area (Å²) in [6.07, 6.45) is -6.56. The minimum Gasteiger partial charge on any atom is -0.480 e. The number of halogens is 3. The van der Waals surface area contributed by atoms with Gasteiger partial charge in [0.1, 0.15) is 12.6 Å². The molecule has 0 radical (unpaired) electrons. The largest absolute Gasteiger partial charge is 0.480 e. The highest BCUT2D eigenvalue weighted by molar-refractivity contribution is 5.82. The number of hydrogen-bond acceptors (Lipinski definition) is 3. The number of nitrogens with one attached hydrogen (secondary N) is 1. The van der Waals surface area contributed by atoms with Gasteiger partial charge in [0, 0.05) is 5.92 Å². The monoisotopic (exact) mass is 405 g/mol. The Morgan fingerprint density at radius 1 is 1.07 bits per heavy atom. The molecule has 1 fully saturated rings. The van der Waals surface area contributed by atoms with Gasteiger partial charge in [-0.2, -0.15) is 13.2 Å². The first-order valence-electron chi connectivity index (χ1n) is 9.16. The minimum atomic E-state index is -4.72. The van der Waals surface area contributed by atoms with Crippen LogP contribution in [0.1, 0.15) is 29.9 Å². The average molecular weight is 405 g/mol. The average Bonchev–Trinajstić information content (AvgIpc) is 3.43. The molecule has 4 rings (SSSR count). The molecule has 0 spiro atoms. The van der Waals surface area contributed by atoms with Gasteiger partial charge < -0.3 is 15.2 Å². The number of rotatable bonds is 5. The zero-order valence-electron chi connectivity index (χ0n) is 15.2. The van der Waals surface area contributed by atoms with E-state index < -0.39 is 29.7 Å². The van der Waals surface area contributed by atoms with Crippen LogP contribution in [0.15, 0.2) is 48.5 Å². The van der Waals surface area contributed by atoms with Crippen molar-refractivity contribution in [3.8, 4) is 11.1 Å². The van der Waals surface area contributed by atoms with E-state index in [1.807, 2.05) is 53.8 Å². The highest BCUT2D eigenvalue weighted by Crippen LogP contribution is 2.60. The van der Waals surface area contributed by atoms with Crippen LogP contribution in [0, 0.1) is 5.41 Å². The van der Waals surface area contributed by atoms with E-state index in [9.17, 15) is 27.9 Å². The Bertz CT molecular complexity index is 923. The van der Waals surface area contributed by atoms with Crippen LogP contribution in [0.3, 0.4) is 0 Å². The number of carboxylic acid groups (broad SMARTS) is 1. The van der Waals surface area contributed by atoms with Crippen molar-refractivity contribution >= 4 is 12.1 Å². The molecule has 1 amide bonds. The topological polar surface area (TPSA) is 75.6 Å². The summed E-state index contributed by atoms with van der Waals surface area (Å²) in [5.41, 5.74) is 1.49. The molecule has 2 aromatic carbocycles. The fraction of sp³-hybridized carbons (Fsp3) is 0.333. The number of benzene rings is 2. The molecule has 0 aromatic heterocycles. The number of alkyl halides is 3. The zero-order valence-corrected chi connectivity index (χ0v) is 15.2. The van der Waals surface area contributed by atoms with Gasteiger partial charge in [0.2, 0.25) is 0 Å². The lowest BCUT2D eigenvalue weighted by Gasteiger charge is -2.26. The number of alkyl carbamates (subject to hydrolysis) is 1. The quantitative estimate of drug-likeness (QED) is 0.777. The van der Waals surface area contributed by atoms with Crippen LogP contribution in [0.5, 0.6) is 0 Å². The number of fused-ring (bicyclic) bond motifs is 3. The molecular formula is C21H18F3NO4. The van der Waals surface area contributed by atoms with Crippen molar-refractivity contribution in [3.05, 3.63) is 59.7 Å². The molecule has 1 saturated carbocycles. The predicted octanol–water partition coefficient (Wildman–Crippen LogP) is 4.32. The molecule has 5 nitrogen and oxygen atoms in total. The Kier molecular flexibility index (Phi) is 4.52. The van der Waals surface area contributed by atoms with Gasteiger partial charge in [-0.05, 0) is 35.1 Å². The van der Waals surface area contributed by atoms with E-state index in [2.05, 4.69) is 0 Å². The van der Waals surface area contributed by atoms with E-state index >= 15 is 0 Å². The summed E-state index contributed by atoms with van der Waals surface area (Å²) in [6.45, 7) is -0.106. The third-order valence-electron chi connectivity index (χ3n) is 5.76. The zero-order chi connectivity index (χ0) is 20.8. The first-order valence-corrected chi connectivity index (χ1v) is 9.16. The van der Waals surface area contributed by atoms with Crippen LogP contribution in [0.2, 0.25) is 0 Å². The van der Waals surface area contributed by atoms with E-state index in [4.69, 9.17) is 4.74 Å². The molecule has 2 aliphatic rings. The van der Waals surface area contributed by atoms with Gasteiger partial charge >= 0.3 is 18.2 Å². The smallest absolute Gasteiger partial charge is 0.407 e. The van der Waals surface area contributed by atoms with Crippen LogP contribution in [-0.4, -0.2) is 36.0 Å². The van der Waals surface area contributed by atoms with E-state index in [1.54, 1.807) is 0 Å². The molecule has 0 bridgehead atoms. The Morgan fingerprint density at radius 2 is 1.59 bits per heavy atom. The Morgan fingerprint density at radius 3 is 2.03 bits per heavy atom. The number of carbonyl (C=O) groups is 2. The van der Waals surface area contributed by atoms with Crippen molar-refractivity contribution in [3.63, 3.8) is 0 Å². The summed E-state index contributed by atoms with van der Waals surface area (Å²) < 4.78 is 45.0. The Balaban J connectivity index is 1.48. The van der Waals surface area contributed by atoms with Gasteiger partial charge in [-0.15, -0.1) is 0 Å². The van der Waals surface area contributed by atoms with Crippen molar-refractivity contribution in [1.82, 2.24) is 5.32 Å². The standard InChI is InChI=1S/C21H18F3NO4/c22-21(23,24)20(9-10-20)17(18(26)27)25-19(28)29-11-16-14-7-3-1-5-12(14)13-6-2-4-8-15(13)16/h1-8,16-17H,9-11H2,(H,25,28)(H,26,27)/t17-/m1/s1. The van der Waals surface area contributed by atoms with Crippen molar-refractivity contribution in [2.24, 2.45) is 5.41 Å². The number of carbonyl (C=O) groups excluding carboxylic acids is 1. The molecule has 8 heteroatoms. The Hall–Kier alpha value is -3.03. The van der Waals surface area contributed by atoms with E-state index in [-0.39, 0.29) is 25.4 Å². The summed E-state index contributed by atoms with van der Waals surface area (Å²) in [5, 5.41) is 11.1. The minimum absolute atomic E-state index is 0.106. The molecule has 152 valence electrons. The van der Waals surface area contributed by atoms with Gasteiger partial charge in [0.25, 0.3) is 0 Å². The number of ether oxygens (including phenoxy) is 1. The predicted molar refractivity (Wildman–Crippen MR) is 97.4 cm³/mol. The summed E-state index contributed by atoms with van der Waals surface area (Å²) in [6, 6.07) is 13.2. The number of amides is 1. The summed E-state index contributed by atoms with van der Waals surface area (Å²) in [7, 11) is 0. The van der Waals surface area contributed by atoms with Crippen LogP contribution < -0.4 is 5.32 Å². The summed E-state index contributed by atoms with van der Waals surface area (Å²) >= 11 is 0. The lowest BCUT2D eigenvalue weighted by Crippen LogP contribution is -2.52. The fourth-order valence-corrected chi connectivity index (χ4v) is 4.06. The molecule has 0 heterocycles. The molecule has 0 unspecified atom stereocenters. The Labute approximate surface area is 164 Å². The maximum absolute atomic E-state index is 13.3. The molecule has 1 atom stereocenters. The molecule has 2 aliphatic carbocycles. The van der Waals surface area contributed by atoms with Crippen LogP contribution in [0.4, 0.5) is 18.0 Å². The molecule has 2 N–H and O–H groups in total. The molecule has 0 aliphatic heterocycles. The van der Waals surface area contributed by atoms with E-state index in [1.165, 1.54) is 0 Å². The highest BCUT2D eigenvalue weighted by atomic mass is 19.4. The van der Waals surface area contributed by atoms with Crippen molar-refractivity contribution in [1.29, 1.82) is 0 Å². The van der Waals surface area contributed by atoms with Crippen molar-refractivity contribution < 1.29 is 32.6 Å². The van der Waals surface area contributed by atoms with Crippen molar-refractivity contribution in [2.75, 3.05) is 6.61 Å². The SMILES string of the molecule is O=C(N[C@H](C(=O)O)C1(C(F)(F)F)CC1)OCC1c2ccccc2-c2ccccc21. The lowest BCUT2D eigenvalue weighted by molar-refractivity contribution is -0.200. The maximum atomic E-state index is 13.3. The normalized spacial score (nSPS) is 17.8. The van der Waals surface area contributed by atoms with Crippen LogP contribution in [0.25, 0.3) is 11.1 Å². The number of hydrogen-bond donors (Lipinski definition) is 2. The fourth-order valence-electron chi connectivity index (χ4n) is 4.06. The van der Waals surface area contributed by atoms with Crippen LogP contribution >= 0.6 is 0 Å². The van der Waals surface area contributed by atoms with Gasteiger partial charge in [-0.3, -0.25) is 0 Å². The molecule has 0 saturated heterocycles. The van der Waals surface area contributed by atoms with E-state index in [0.717, 1.165) is 22.3 Å². The highest BCUT2D eigenvalue weighted by Gasteiger charge is 2.69. The number of aliphatic carboxylic acids is 1. The second kappa shape index (κ2) is 6.79. The first kappa shape index (κ1) is 19.3. The van der Waals surface area contributed by atoms with Crippen LogP contribution in [-0.2, 0) is 9.53 Å². The maximum Gasteiger partial charge on any atom is 0.407 e. The molecule has 29 heavy (non-hydrogen) atoms.